The molecule has 2 aromatic carbocycles. The van der Waals surface area contributed by atoms with Crippen molar-refractivity contribution in [2.24, 2.45) is 7.05 Å². The number of fused-ring (bicyclic) bond motifs is 2. The Kier molecular flexibility index (Phi) is 6.57. The Labute approximate surface area is 235 Å². The van der Waals surface area contributed by atoms with Crippen LogP contribution in [-0.4, -0.2) is 35.2 Å². The van der Waals surface area contributed by atoms with Crippen molar-refractivity contribution >= 4 is 27.7 Å². The minimum Gasteiger partial charge on any atom is -0.342 e. The normalized spacial score (nSPS) is 11.7. The van der Waals surface area contributed by atoms with Crippen molar-refractivity contribution in [3.05, 3.63) is 124 Å². The highest BCUT2D eigenvalue weighted by Crippen LogP contribution is 2.22. The van der Waals surface area contributed by atoms with Gasteiger partial charge in [0.15, 0.2) is 0 Å². The summed E-state index contributed by atoms with van der Waals surface area (Å²) in [7, 11) is 1.82. The second-order valence-electron chi connectivity index (χ2n) is 9.70. The van der Waals surface area contributed by atoms with Gasteiger partial charge in [-0.05, 0) is 49.7 Å². The van der Waals surface area contributed by atoms with Crippen LogP contribution in [-0.2, 0) is 7.05 Å². The Hall–Kier alpha value is -5.62. The monoisotopic (exact) mass is 539 g/mol. The van der Waals surface area contributed by atoms with Crippen LogP contribution < -0.4 is 10.9 Å². The number of aromatic nitrogens is 6. The fourth-order valence-electron chi connectivity index (χ4n) is 4.79. The molecule has 0 bridgehead atoms. The van der Waals surface area contributed by atoms with Gasteiger partial charge in [0.25, 0.3) is 11.5 Å². The Morgan fingerprint density at radius 2 is 1.83 bits per heavy atom. The fraction of sp³-hybridized carbons (Fsp3) is 0.125. The highest BCUT2D eigenvalue weighted by Gasteiger charge is 2.22. The first-order valence-electron chi connectivity index (χ1n) is 13.0. The standard InChI is InChI=1S/C32H25N7O2/c1-20-14-15-34-29-25(20)17-33-18-26(29)31(40)36-21(2)30-37-27-11-7-8-23(13-12-22-16-35-38(3)19-22)28(27)32(41)39(30)24-9-5-4-6-10-24/h4-11,14-19,21H,1-3H3,(H,36,40). The van der Waals surface area contributed by atoms with Gasteiger partial charge < -0.3 is 5.32 Å². The molecule has 9 nitrogen and oxygen atoms in total. The lowest BCUT2D eigenvalue weighted by molar-refractivity contribution is 0.0939. The highest BCUT2D eigenvalue weighted by molar-refractivity contribution is 6.05. The Balaban J connectivity index is 1.47. The predicted molar refractivity (Wildman–Crippen MR) is 157 cm³/mol. The SMILES string of the molecule is Cc1ccnc2c(C(=O)NC(C)c3nc4cccc(C#Cc5cnn(C)c5)c4c(=O)n3-c3ccccc3)cncc12. The molecule has 0 saturated carbocycles. The van der Waals surface area contributed by atoms with Gasteiger partial charge in [0.1, 0.15) is 5.82 Å². The molecule has 0 fully saturated rings. The number of carbonyl (C=O) groups excluding carboxylic acids is 1. The number of nitrogens with zero attached hydrogens (tertiary/aromatic N) is 6. The number of hydrogen-bond acceptors (Lipinski definition) is 6. The average molecular weight is 540 g/mol. The summed E-state index contributed by atoms with van der Waals surface area (Å²) in [5, 5.41) is 8.36. The summed E-state index contributed by atoms with van der Waals surface area (Å²) in [6.45, 7) is 3.75. The average Bonchev–Trinajstić information content (AvgIpc) is 3.41. The third kappa shape index (κ3) is 4.83. The minimum atomic E-state index is -0.634. The predicted octanol–water partition coefficient (Wildman–Crippen LogP) is 4.26. The first-order valence-corrected chi connectivity index (χ1v) is 13.0. The molecule has 0 spiro atoms. The van der Waals surface area contributed by atoms with Crippen LogP contribution in [0.15, 0.2) is 90.4 Å². The lowest BCUT2D eigenvalue weighted by atomic mass is 10.1. The number of rotatable bonds is 4. The summed E-state index contributed by atoms with van der Waals surface area (Å²) in [6, 6.07) is 15.9. The van der Waals surface area contributed by atoms with Crippen LogP contribution in [0.3, 0.4) is 0 Å². The van der Waals surface area contributed by atoms with E-state index in [1.807, 2.05) is 62.6 Å². The van der Waals surface area contributed by atoms with E-state index in [0.717, 1.165) is 16.5 Å². The first-order chi connectivity index (χ1) is 19.9. The lowest BCUT2D eigenvalue weighted by Crippen LogP contribution is -2.33. The molecular formula is C32H25N7O2. The molecule has 1 atom stereocenters. The minimum absolute atomic E-state index is 0.280. The second kappa shape index (κ2) is 10.5. The molecule has 200 valence electrons. The van der Waals surface area contributed by atoms with Gasteiger partial charge in [-0.2, -0.15) is 5.10 Å². The summed E-state index contributed by atoms with van der Waals surface area (Å²) < 4.78 is 3.21. The Morgan fingerprint density at radius 1 is 1.00 bits per heavy atom. The second-order valence-corrected chi connectivity index (χ2v) is 9.70. The van der Waals surface area contributed by atoms with Gasteiger partial charge in [0.05, 0.1) is 45.5 Å². The number of nitrogens with one attached hydrogen (secondary N) is 1. The summed E-state index contributed by atoms with van der Waals surface area (Å²) in [5.74, 6) is 6.23. The topological polar surface area (TPSA) is 108 Å². The molecule has 41 heavy (non-hydrogen) atoms. The number of amides is 1. The van der Waals surface area contributed by atoms with Gasteiger partial charge in [0.2, 0.25) is 0 Å². The van der Waals surface area contributed by atoms with Gasteiger partial charge >= 0.3 is 0 Å². The van der Waals surface area contributed by atoms with Gasteiger partial charge in [0, 0.05) is 42.8 Å². The van der Waals surface area contributed by atoms with Crippen LogP contribution in [0.1, 0.15) is 45.8 Å². The van der Waals surface area contributed by atoms with Crippen molar-refractivity contribution in [3.63, 3.8) is 0 Å². The molecule has 0 aliphatic carbocycles. The Morgan fingerprint density at radius 3 is 2.61 bits per heavy atom. The molecule has 4 aromatic heterocycles. The van der Waals surface area contributed by atoms with Gasteiger partial charge in [-0.15, -0.1) is 0 Å². The largest absolute Gasteiger partial charge is 0.342 e. The zero-order valence-corrected chi connectivity index (χ0v) is 22.7. The number of hydrogen-bond donors (Lipinski definition) is 1. The van der Waals surface area contributed by atoms with E-state index in [4.69, 9.17) is 4.98 Å². The number of para-hydroxylation sites is 1. The maximum atomic E-state index is 14.2. The van der Waals surface area contributed by atoms with Crippen molar-refractivity contribution in [3.8, 4) is 17.5 Å². The van der Waals surface area contributed by atoms with E-state index in [1.54, 1.807) is 42.3 Å². The number of benzene rings is 2. The molecule has 1 unspecified atom stereocenters. The third-order valence-electron chi connectivity index (χ3n) is 6.83. The maximum Gasteiger partial charge on any atom is 0.267 e. The molecule has 4 heterocycles. The molecule has 6 rings (SSSR count). The summed E-state index contributed by atoms with van der Waals surface area (Å²) in [6.07, 6.45) is 8.35. The highest BCUT2D eigenvalue weighted by atomic mass is 16.2. The molecule has 0 aliphatic heterocycles. The van der Waals surface area contributed by atoms with Crippen LogP contribution in [0.4, 0.5) is 0 Å². The molecule has 0 radical (unpaired) electrons. The van der Waals surface area contributed by atoms with Crippen LogP contribution in [0.5, 0.6) is 0 Å². The van der Waals surface area contributed by atoms with E-state index in [-0.39, 0.29) is 11.5 Å². The smallest absolute Gasteiger partial charge is 0.267 e. The first kappa shape index (κ1) is 25.6. The van der Waals surface area contributed by atoms with E-state index in [0.29, 0.717) is 39.1 Å². The molecule has 9 heteroatoms. The zero-order chi connectivity index (χ0) is 28.5. The molecule has 0 saturated heterocycles. The van der Waals surface area contributed by atoms with E-state index < -0.39 is 6.04 Å². The molecule has 0 aliphatic rings. The van der Waals surface area contributed by atoms with Crippen molar-refractivity contribution in [2.75, 3.05) is 0 Å². The van der Waals surface area contributed by atoms with Gasteiger partial charge in [-0.25, -0.2) is 4.98 Å². The summed E-state index contributed by atoms with van der Waals surface area (Å²) in [4.78, 5) is 41.2. The van der Waals surface area contributed by atoms with E-state index in [9.17, 15) is 9.59 Å². The Bertz CT molecular complexity index is 2070. The summed E-state index contributed by atoms with van der Waals surface area (Å²) in [5.41, 5.74) is 4.01. The van der Waals surface area contributed by atoms with Crippen molar-refractivity contribution in [1.29, 1.82) is 0 Å². The number of aryl methyl sites for hydroxylation is 2. The lowest BCUT2D eigenvalue weighted by Gasteiger charge is -2.20. The van der Waals surface area contributed by atoms with E-state index in [1.165, 1.54) is 10.8 Å². The molecule has 6 aromatic rings. The van der Waals surface area contributed by atoms with E-state index in [2.05, 4.69) is 32.2 Å². The van der Waals surface area contributed by atoms with Crippen LogP contribution in [0.25, 0.3) is 27.5 Å². The van der Waals surface area contributed by atoms with Crippen LogP contribution in [0, 0.1) is 18.8 Å². The quantitative estimate of drug-likeness (QED) is 0.336. The number of carbonyl (C=O) groups is 1. The molecule has 1 N–H and O–H groups in total. The van der Waals surface area contributed by atoms with Gasteiger partial charge in [-0.3, -0.25) is 28.8 Å². The molecular weight excluding hydrogens is 514 g/mol. The van der Waals surface area contributed by atoms with Crippen LogP contribution >= 0.6 is 0 Å². The zero-order valence-electron chi connectivity index (χ0n) is 22.7. The molecule has 1 amide bonds. The van der Waals surface area contributed by atoms with Gasteiger partial charge in [-0.1, -0.05) is 36.1 Å². The fourth-order valence-corrected chi connectivity index (χ4v) is 4.79. The van der Waals surface area contributed by atoms with E-state index >= 15 is 0 Å². The third-order valence-corrected chi connectivity index (χ3v) is 6.83. The maximum absolute atomic E-state index is 14.2. The van der Waals surface area contributed by atoms with Crippen molar-refractivity contribution < 1.29 is 4.79 Å². The summed E-state index contributed by atoms with van der Waals surface area (Å²) >= 11 is 0. The van der Waals surface area contributed by atoms with Crippen LogP contribution in [0.2, 0.25) is 0 Å². The number of pyridine rings is 2. The van der Waals surface area contributed by atoms with Crippen molar-refractivity contribution in [2.45, 2.75) is 19.9 Å². The van der Waals surface area contributed by atoms with Crippen molar-refractivity contribution in [1.82, 2.24) is 34.6 Å².